The molecule has 0 radical (unpaired) electrons. The van der Waals surface area contributed by atoms with E-state index in [1.165, 1.54) is 5.56 Å². The van der Waals surface area contributed by atoms with Gasteiger partial charge in [-0.2, -0.15) is 0 Å². The van der Waals surface area contributed by atoms with Crippen molar-refractivity contribution in [2.45, 2.75) is 52.7 Å². The molecule has 1 aromatic rings. The normalized spacial score (nSPS) is 23.3. The van der Waals surface area contributed by atoms with Crippen LogP contribution in [0.15, 0.2) is 30.3 Å². The predicted octanol–water partition coefficient (Wildman–Crippen LogP) is 3.88. The summed E-state index contributed by atoms with van der Waals surface area (Å²) in [5.74, 6) is 0.915. The molecule has 0 saturated carbocycles. The van der Waals surface area contributed by atoms with Crippen molar-refractivity contribution in [3.05, 3.63) is 35.9 Å². The molecule has 0 bridgehead atoms. The van der Waals surface area contributed by atoms with Gasteiger partial charge in [-0.3, -0.25) is 9.69 Å². The van der Waals surface area contributed by atoms with Crippen LogP contribution < -0.4 is 0 Å². The van der Waals surface area contributed by atoms with Crippen molar-refractivity contribution in [2.75, 3.05) is 13.1 Å². The molecule has 2 rings (SSSR count). The number of piperidine rings is 1. The van der Waals surface area contributed by atoms with Gasteiger partial charge in [-0.05, 0) is 51.1 Å². The number of hydrogen-bond acceptors (Lipinski definition) is 3. The van der Waals surface area contributed by atoms with Crippen molar-refractivity contribution in [3.8, 4) is 0 Å². The Labute approximate surface area is 134 Å². The number of ether oxygens (including phenoxy) is 1. The van der Waals surface area contributed by atoms with Crippen LogP contribution in [0.3, 0.4) is 0 Å². The first-order chi connectivity index (χ1) is 10.3. The summed E-state index contributed by atoms with van der Waals surface area (Å²) in [7, 11) is 0. The minimum atomic E-state index is -0.390. The fourth-order valence-electron chi connectivity index (χ4n) is 3.07. The molecule has 0 N–H and O–H groups in total. The van der Waals surface area contributed by atoms with E-state index in [-0.39, 0.29) is 5.97 Å². The summed E-state index contributed by atoms with van der Waals surface area (Å²) >= 11 is 0. The van der Waals surface area contributed by atoms with Crippen LogP contribution in [0.4, 0.5) is 0 Å². The molecule has 0 unspecified atom stereocenters. The van der Waals surface area contributed by atoms with Crippen LogP contribution in [-0.2, 0) is 16.1 Å². The number of likely N-dealkylation sites (tertiary alicyclic amines) is 1. The lowest BCUT2D eigenvalue weighted by atomic mass is 9.84. The molecular weight excluding hydrogens is 274 g/mol. The van der Waals surface area contributed by atoms with Gasteiger partial charge in [-0.25, -0.2) is 0 Å². The zero-order valence-electron chi connectivity index (χ0n) is 14.3. The van der Waals surface area contributed by atoms with Crippen molar-refractivity contribution in [1.29, 1.82) is 0 Å². The Morgan fingerprint density at radius 2 is 1.95 bits per heavy atom. The number of carbonyl (C=O) groups is 1. The Morgan fingerprint density at radius 3 is 2.59 bits per heavy atom. The molecule has 1 heterocycles. The monoisotopic (exact) mass is 303 g/mol. The van der Waals surface area contributed by atoms with Crippen LogP contribution in [0.2, 0.25) is 0 Å². The zero-order chi connectivity index (χ0) is 16.2. The molecule has 0 amide bonds. The quantitative estimate of drug-likeness (QED) is 0.791. The molecule has 3 heteroatoms. The van der Waals surface area contributed by atoms with Gasteiger partial charge < -0.3 is 4.74 Å². The van der Waals surface area contributed by atoms with Crippen LogP contribution in [0, 0.1) is 11.8 Å². The standard InChI is InChI=1S/C19H29NO2/c1-15-10-11-20(13-16-8-6-5-7-9-16)14-17(15)12-18(21)22-19(2,3)4/h5-9,15,17H,10-14H2,1-4H3/t15-,17+/m1/s1. The predicted molar refractivity (Wildman–Crippen MR) is 89.5 cm³/mol. The molecule has 3 nitrogen and oxygen atoms in total. The first kappa shape index (κ1) is 17.0. The summed E-state index contributed by atoms with van der Waals surface area (Å²) < 4.78 is 5.48. The summed E-state index contributed by atoms with van der Waals surface area (Å²) in [6.45, 7) is 11.1. The van der Waals surface area contributed by atoms with Gasteiger partial charge in [0.15, 0.2) is 0 Å². The number of esters is 1. The molecule has 2 atom stereocenters. The van der Waals surface area contributed by atoms with Gasteiger partial charge in [0.25, 0.3) is 0 Å². The summed E-state index contributed by atoms with van der Waals surface area (Å²) in [6, 6.07) is 10.6. The smallest absolute Gasteiger partial charge is 0.306 e. The maximum Gasteiger partial charge on any atom is 0.306 e. The van der Waals surface area contributed by atoms with Crippen LogP contribution in [0.5, 0.6) is 0 Å². The van der Waals surface area contributed by atoms with Crippen molar-refractivity contribution in [3.63, 3.8) is 0 Å². The fourth-order valence-corrected chi connectivity index (χ4v) is 3.07. The molecule has 1 saturated heterocycles. The highest BCUT2D eigenvalue weighted by molar-refractivity contribution is 5.70. The minimum Gasteiger partial charge on any atom is -0.460 e. The number of nitrogens with zero attached hydrogens (tertiary/aromatic N) is 1. The summed E-state index contributed by atoms with van der Waals surface area (Å²) in [5.41, 5.74) is 0.951. The molecular formula is C19H29NO2. The van der Waals surface area contributed by atoms with E-state index in [9.17, 15) is 4.79 Å². The largest absolute Gasteiger partial charge is 0.460 e. The average molecular weight is 303 g/mol. The highest BCUT2D eigenvalue weighted by atomic mass is 16.6. The molecule has 1 aromatic carbocycles. The fraction of sp³-hybridized carbons (Fsp3) is 0.632. The van der Waals surface area contributed by atoms with Gasteiger partial charge >= 0.3 is 5.97 Å². The summed E-state index contributed by atoms with van der Waals surface area (Å²) in [4.78, 5) is 14.6. The first-order valence-corrected chi connectivity index (χ1v) is 8.31. The molecule has 1 aliphatic rings. The second-order valence-electron chi connectivity index (χ2n) is 7.54. The van der Waals surface area contributed by atoms with E-state index in [0.29, 0.717) is 18.3 Å². The highest BCUT2D eigenvalue weighted by Crippen LogP contribution is 2.28. The van der Waals surface area contributed by atoms with Gasteiger partial charge in [0.2, 0.25) is 0 Å². The van der Waals surface area contributed by atoms with Gasteiger partial charge in [-0.1, -0.05) is 37.3 Å². The van der Waals surface area contributed by atoms with Crippen molar-refractivity contribution in [1.82, 2.24) is 4.90 Å². The molecule has 22 heavy (non-hydrogen) atoms. The Hall–Kier alpha value is -1.35. The molecule has 0 spiro atoms. The second kappa shape index (κ2) is 7.28. The van der Waals surface area contributed by atoms with E-state index in [2.05, 4.69) is 36.1 Å². The van der Waals surface area contributed by atoms with E-state index in [1.807, 2.05) is 26.8 Å². The van der Waals surface area contributed by atoms with E-state index >= 15 is 0 Å². The van der Waals surface area contributed by atoms with Gasteiger partial charge in [-0.15, -0.1) is 0 Å². The first-order valence-electron chi connectivity index (χ1n) is 8.31. The van der Waals surface area contributed by atoms with Crippen molar-refractivity contribution < 1.29 is 9.53 Å². The molecule has 122 valence electrons. The van der Waals surface area contributed by atoms with Gasteiger partial charge in [0.1, 0.15) is 5.60 Å². The van der Waals surface area contributed by atoms with Crippen molar-refractivity contribution >= 4 is 5.97 Å². The van der Waals surface area contributed by atoms with Crippen molar-refractivity contribution in [2.24, 2.45) is 11.8 Å². The number of hydrogen-bond donors (Lipinski definition) is 0. The van der Waals surface area contributed by atoms with Crippen LogP contribution in [0.25, 0.3) is 0 Å². The maximum atomic E-state index is 12.1. The van der Waals surface area contributed by atoms with E-state index in [1.54, 1.807) is 0 Å². The van der Waals surface area contributed by atoms with Crippen LogP contribution in [-0.4, -0.2) is 29.6 Å². The SMILES string of the molecule is C[C@@H]1CCN(Cc2ccccc2)C[C@@H]1CC(=O)OC(C)(C)C. The lowest BCUT2D eigenvalue weighted by molar-refractivity contribution is -0.157. The third-order valence-corrected chi connectivity index (χ3v) is 4.30. The zero-order valence-corrected chi connectivity index (χ0v) is 14.3. The lowest BCUT2D eigenvalue weighted by Gasteiger charge is -2.37. The highest BCUT2D eigenvalue weighted by Gasteiger charge is 2.29. The van der Waals surface area contributed by atoms with Crippen LogP contribution >= 0.6 is 0 Å². The molecule has 1 fully saturated rings. The minimum absolute atomic E-state index is 0.0640. The maximum absolute atomic E-state index is 12.1. The van der Waals surface area contributed by atoms with Crippen LogP contribution in [0.1, 0.15) is 46.1 Å². The summed E-state index contributed by atoms with van der Waals surface area (Å²) in [6.07, 6.45) is 1.68. The van der Waals surface area contributed by atoms with Gasteiger partial charge in [0, 0.05) is 19.5 Å². The second-order valence-corrected chi connectivity index (χ2v) is 7.54. The third-order valence-electron chi connectivity index (χ3n) is 4.30. The lowest BCUT2D eigenvalue weighted by Crippen LogP contribution is -2.40. The van der Waals surface area contributed by atoms with E-state index in [4.69, 9.17) is 4.74 Å². The Morgan fingerprint density at radius 1 is 1.27 bits per heavy atom. The topological polar surface area (TPSA) is 29.5 Å². The average Bonchev–Trinajstić information content (AvgIpc) is 2.41. The molecule has 0 aliphatic carbocycles. The Kier molecular flexibility index (Phi) is 5.63. The van der Waals surface area contributed by atoms with Gasteiger partial charge in [0.05, 0.1) is 0 Å². The number of rotatable bonds is 4. The molecule has 1 aliphatic heterocycles. The van der Waals surface area contributed by atoms with E-state index < -0.39 is 5.60 Å². The number of carbonyl (C=O) groups excluding carboxylic acids is 1. The Bertz CT molecular complexity index is 478. The van der Waals surface area contributed by atoms with E-state index in [0.717, 1.165) is 26.1 Å². The molecule has 0 aromatic heterocycles. The number of benzene rings is 1. The third kappa shape index (κ3) is 5.45. The Balaban J connectivity index is 1.89. The summed E-state index contributed by atoms with van der Waals surface area (Å²) in [5, 5.41) is 0.